The topological polar surface area (TPSA) is 180 Å². The third-order valence-corrected chi connectivity index (χ3v) is 12.1. The fourth-order valence-corrected chi connectivity index (χ4v) is 8.95. The maximum Gasteiger partial charge on any atom is 0.425 e. The highest BCUT2D eigenvalue weighted by Gasteiger charge is 2.60. The number of nitrogens with zero attached hydrogens (tertiary/aromatic N) is 3. The van der Waals surface area contributed by atoms with E-state index in [1.54, 1.807) is 47.7 Å². The number of likely N-dealkylation sites (N-methyl/N-ethyl adjacent to an activating group) is 1. The summed E-state index contributed by atoms with van der Waals surface area (Å²) in [7, 11) is 3.73. The normalized spacial score (nSPS) is 37.8. The summed E-state index contributed by atoms with van der Waals surface area (Å²) in [4.78, 5) is 62.2. The van der Waals surface area contributed by atoms with Gasteiger partial charge >= 0.3 is 12.1 Å². The minimum atomic E-state index is -1.49. The quantitative estimate of drug-likeness (QED) is 0.163. The number of aliphatic hydroxyl groups is 1. The van der Waals surface area contributed by atoms with Crippen LogP contribution in [0.25, 0.3) is 17.0 Å². The summed E-state index contributed by atoms with van der Waals surface area (Å²) < 4.78 is 31.4. The monoisotopic (exact) mass is 780 g/mol. The van der Waals surface area contributed by atoms with Crippen LogP contribution in [0.3, 0.4) is 0 Å². The number of carbonyl (C=O) groups excluding carboxylic acids is 4. The van der Waals surface area contributed by atoms with Crippen molar-refractivity contribution in [2.24, 2.45) is 29.5 Å². The number of ether oxygens (including phenoxy) is 5. The molecule has 3 fully saturated rings. The SMILES string of the molecule is CC[C@H]1OC(=O)[C@H](C)C(=O)[C@H](C)[C@@H](O[C@@H]2O[C@H](C)C[C@H](N(C)C)[C@H]2O)[C@](C)(OC/C=C/c2cnc3ccccc3c2)C[C@@H](C)C(=O)[C@H](C)[C@H]2N(N)C(=O)O[C@]12C. The second-order valence-corrected chi connectivity index (χ2v) is 16.6. The van der Waals surface area contributed by atoms with Gasteiger partial charge in [0.05, 0.1) is 29.9 Å². The van der Waals surface area contributed by atoms with Crippen LogP contribution in [0.5, 0.6) is 0 Å². The van der Waals surface area contributed by atoms with E-state index in [4.69, 9.17) is 29.5 Å². The van der Waals surface area contributed by atoms with Crippen molar-refractivity contribution < 1.29 is 48.0 Å². The molecular weight excluding hydrogens is 720 g/mol. The standard InChI is InChI=1S/C42H60N4O10/c1-11-32-42(8)36(46(43)40(51)56-42)25(4)33(47)23(2)21-41(7,52-18-14-15-28-20-29-16-12-13-17-30(29)44-22-28)37(26(5)34(48)27(6)38(50)54-32)55-39-35(49)31(45(9)10)19-24(3)53-39/h12-17,20,22-27,31-32,35-37,39,49H,11,18-19,21,43H2,1-10H3/b15-14+/t23-,24-,25+,26+,27-,31+,32-,35-,36-,37-,39+,41-,42-/m1/s1. The molecule has 3 N–H and O–H groups in total. The average Bonchev–Trinajstić information content (AvgIpc) is 3.40. The number of para-hydroxylation sites is 1. The van der Waals surface area contributed by atoms with Crippen molar-refractivity contribution in [2.45, 2.75) is 129 Å². The molecule has 0 aliphatic carbocycles. The first-order valence-corrected chi connectivity index (χ1v) is 19.7. The van der Waals surface area contributed by atoms with Crippen molar-refractivity contribution in [3.8, 4) is 0 Å². The van der Waals surface area contributed by atoms with Crippen molar-refractivity contribution >= 4 is 40.6 Å². The molecule has 1 aromatic carbocycles. The Labute approximate surface area is 330 Å². The average molecular weight is 781 g/mol. The summed E-state index contributed by atoms with van der Waals surface area (Å²) in [6.07, 6.45) is 0.716. The van der Waals surface area contributed by atoms with E-state index in [2.05, 4.69) is 4.98 Å². The number of carbonyl (C=O) groups is 4. The Morgan fingerprint density at radius 1 is 1.05 bits per heavy atom. The largest absolute Gasteiger partial charge is 0.458 e. The summed E-state index contributed by atoms with van der Waals surface area (Å²) >= 11 is 0. The Hall–Kier alpha value is -3.79. The summed E-state index contributed by atoms with van der Waals surface area (Å²) in [6, 6.07) is 8.49. The zero-order valence-electron chi connectivity index (χ0n) is 34.3. The van der Waals surface area contributed by atoms with Gasteiger partial charge in [-0.25, -0.2) is 15.6 Å². The first-order chi connectivity index (χ1) is 26.3. The molecule has 1 amide bonds. The zero-order chi connectivity index (χ0) is 41.3. The number of aromatic nitrogens is 1. The minimum Gasteiger partial charge on any atom is -0.458 e. The summed E-state index contributed by atoms with van der Waals surface area (Å²) in [5, 5.41) is 13.5. The number of benzene rings is 1. The van der Waals surface area contributed by atoms with Crippen LogP contribution in [-0.4, -0.2) is 118 Å². The number of hydrazine groups is 1. The predicted molar refractivity (Wildman–Crippen MR) is 209 cm³/mol. The van der Waals surface area contributed by atoms with E-state index in [0.717, 1.165) is 21.5 Å². The predicted octanol–water partition coefficient (Wildman–Crippen LogP) is 4.70. The van der Waals surface area contributed by atoms with E-state index in [1.165, 1.54) is 6.92 Å². The summed E-state index contributed by atoms with van der Waals surface area (Å²) in [6.45, 7) is 13.6. The summed E-state index contributed by atoms with van der Waals surface area (Å²) in [5.41, 5.74) is -1.17. The van der Waals surface area contributed by atoms with Crippen molar-refractivity contribution in [2.75, 3.05) is 20.7 Å². The minimum absolute atomic E-state index is 0.0424. The van der Waals surface area contributed by atoms with Gasteiger partial charge in [0.15, 0.2) is 17.7 Å². The lowest BCUT2D eigenvalue weighted by molar-refractivity contribution is -0.296. The molecule has 14 nitrogen and oxygen atoms in total. The van der Waals surface area contributed by atoms with Gasteiger partial charge in [-0.15, -0.1) is 0 Å². The second kappa shape index (κ2) is 17.4. The molecule has 1 aromatic heterocycles. The van der Waals surface area contributed by atoms with Gasteiger partial charge < -0.3 is 33.7 Å². The maximum atomic E-state index is 14.5. The van der Waals surface area contributed by atoms with E-state index in [-0.39, 0.29) is 37.4 Å². The number of aliphatic hydroxyl groups excluding tert-OH is 1. The lowest BCUT2D eigenvalue weighted by Gasteiger charge is -2.47. The Kier molecular flexibility index (Phi) is 13.4. The van der Waals surface area contributed by atoms with Gasteiger partial charge in [0, 0.05) is 35.4 Å². The highest BCUT2D eigenvalue weighted by molar-refractivity contribution is 6.00. The molecule has 0 unspecified atom stereocenters. The molecule has 3 saturated heterocycles. The van der Waals surface area contributed by atoms with Crippen molar-refractivity contribution in [3.63, 3.8) is 0 Å². The number of ketones is 2. The number of hydrogen-bond acceptors (Lipinski definition) is 13. The number of rotatable bonds is 8. The first-order valence-electron chi connectivity index (χ1n) is 19.7. The van der Waals surface area contributed by atoms with Crippen LogP contribution in [0.15, 0.2) is 42.6 Å². The molecule has 4 heterocycles. The van der Waals surface area contributed by atoms with Crippen LogP contribution < -0.4 is 5.84 Å². The molecule has 308 valence electrons. The number of amides is 1. The molecule has 3 aliphatic rings. The number of Topliss-reactive ketones (excluding diaryl/α,β-unsaturated/α-hetero) is 2. The lowest BCUT2D eigenvalue weighted by Crippen LogP contribution is -2.61. The molecule has 2 aromatic rings. The van der Waals surface area contributed by atoms with Gasteiger partial charge in [-0.3, -0.25) is 19.4 Å². The third kappa shape index (κ3) is 8.70. The Morgan fingerprint density at radius 3 is 2.43 bits per heavy atom. The molecule has 14 heteroatoms. The van der Waals surface area contributed by atoms with E-state index in [0.29, 0.717) is 6.42 Å². The van der Waals surface area contributed by atoms with Gasteiger partial charge in [-0.2, -0.15) is 0 Å². The Morgan fingerprint density at radius 2 is 1.75 bits per heavy atom. The maximum absolute atomic E-state index is 14.5. The molecular formula is C42H60N4O10. The van der Waals surface area contributed by atoms with Crippen LogP contribution in [0, 0.1) is 23.7 Å². The molecule has 13 atom stereocenters. The van der Waals surface area contributed by atoms with Crippen LogP contribution in [0.4, 0.5) is 4.79 Å². The van der Waals surface area contributed by atoms with E-state index in [9.17, 15) is 24.3 Å². The van der Waals surface area contributed by atoms with E-state index in [1.807, 2.05) is 68.4 Å². The molecule has 0 bridgehead atoms. The number of fused-ring (bicyclic) bond motifs is 2. The van der Waals surface area contributed by atoms with Crippen LogP contribution in [-0.2, 0) is 38.1 Å². The van der Waals surface area contributed by atoms with E-state index < -0.39 is 83.4 Å². The molecule has 5 rings (SSSR count). The van der Waals surface area contributed by atoms with E-state index >= 15 is 0 Å². The number of pyridine rings is 1. The van der Waals surface area contributed by atoms with Gasteiger partial charge in [0.1, 0.15) is 30.0 Å². The number of nitrogens with two attached hydrogens (primary N) is 1. The van der Waals surface area contributed by atoms with Crippen LogP contribution >= 0.6 is 0 Å². The fourth-order valence-electron chi connectivity index (χ4n) is 8.95. The number of esters is 1. The van der Waals surface area contributed by atoms with Gasteiger partial charge in [-0.1, -0.05) is 58.0 Å². The second-order valence-electron chi connectivity index (χ2n) is 16.6. The number of hydrogen-bond donors (Lipinski definition) is 2. The molecule has 0 radical (unpaired) electrons. The van der Waals surface area contributed by atoms with Crippen LogP contribution in [0.2, 0.25) is 0 Å². The molecule has 56 heavy (non-hydrogen) atoms. The molecule has 3 aliphatic heterocycles. The molecule has 0 saturated carbocycles. The van der Waals surface area contributed by atoms with Gasteiger partial charge in [-0.05, 0) is 78.7 Å². The van der Waals surface area contributed by atoms with Crippen molar-refractivity contribution in [1.29, 1.82) is 0 Å². The Bertz CT molecular complexity index is 1790. The van der Waals surface area contributed by atoms with Gasteiger partial charge in [0.25, 0.3) is 0 Å². The van der Waals surface area contributed by atoms with Crippen molar-refractivity contribution in [1.82, 2.24) is 14.9 Å². The van der Waals surface area contributed by atoms with Crippen LogP contribution in [0.1, 0.15) is 80.2 Å². The first kappa shape index (κ1) is 43.3. The zero-order valence-corrected chi connectivity index (χ0v) is 34.3. The molecule has 0 spiro atoms. The summed E-state index contributed by atoms with van der Waals surface area (Å²) in [5.74, 6) is 0.830. The fraction of sp³-hybridized carbons (Fsp3) is 0.643. The Balaban J connectivity index is 1.57. The van der Waals surface area contributed by atoms with Crippen molar-refractivity contribution in [3.05, 3.63) is 48.2 Å². The highest BCUT2D eigenvalue weighted by Crippen LogP contribution is 2.42. The third-order valence-electron chi connectivity index (χ3n) is 12.1. The smallest absolute Gasteiger partial charge is 0.425 e. The lowest BCUT2D eigenvalue weighted by atomic mass is 9.73. The number of cyclic esters (lactones) is 1. The van der Waals surface area contributed by atoms with Gasteiger partial charge in [0.2, 0.25) is 0 Å². The highest BCUT2D eigenvalue weighted by atomic mass is 16.7.